The van der Waals surface area contributed by atoms with Crippen LogP contribution in [0.2, 0.25) is 0 Å². The van der Waals surface area contributed by atoms with Gasteiger partial charge in [-0.15, -0.1) is 23.4 Å². The quantitative estimate of drug-likeness (QED) is 0.540. The van der Waals surface area contributed by atoms with Crippen LogP contribution in [0.1, 0.15) is 12.8 Å². The van der Waals surface area contributed by atoms with E-state index in [1.165, 1.54) is 28.9 Å². The van der Waals surface area contributed by atoms with Crippen LogP contribution in [0.3, 0.4) is 0 Å². The van der Waals surface area contributed by atoms with Crippen molar-refractivity contribution in [2.75, 3.05) is 20.0 Å². The van der Waals surface area contributed by atoms with E-state index in [-0.39, 0.29) is 12.7 Å². The number of nitrogens with one attached hydrogen (secondary N) is 1. The van der Waals surface area contributed by atoms with Crippen LogP contribution in [0.25, 0.3) is 0 Å². The highest BCUT2D eigenvalue weighted by Gasteiger charge is 2.53. The molecule has 11 heteroatoms. The minimum absolute atomic E-state index is 0.208. The summed E-state index contributed by atoms with van der Waals surface area (Å²) in [7, 11) is 1.42. The molecule has 1 aliphatic carbocycles. The molecule has 2 amide bonds. The number of halogens is 4. The lowest BCUT2D eigenvalue weighted by Gasteiger charge is -2.45. The minimum atomic E-state index is -1.61. The largest absolute Gasteiger partial charge is 0.361 e. The average Bonchev–Trinajstić information content (AvgIpc) is 2.78. The van der Waals surface area contributed by atoms with Gasteiger partial charge < -0.3 is 0 Å². The zero-order valence-electron chi connectivity index (χ0n) is 11.8. The van der Waals surface area contributed by atoms with Crippen molar-refractivity contribution >= 4 is 76.0 Å². The predicted octanol–water partition coefficient (Wildman–Crippen LogP) is 4.15. The highest BCUT2D eigenvalue weighted by molar-refractivity contribution is 8.06. The number of hydrazine groups is 1. The topological polar surface area (TPSA) is 44.8 Å². The molecule has 0 bridgehead atoms. The van der Waals surface area contributed by atoms with E-state index < -0.39 is 12.2 Å². The van der Waals surface area contributed by atoms with Crippen LogP contribution in [0.4, 0.5) is 4.79 Å². The molecule has 1 heterocycles. The fourth-order valence-electron chi connectivity index (χ4n) is 2.37. The second-order valence-electron chi connectivity index (χ2n) is 4.76. The molecule has 0 aromatic carbocycles. The van der Waals surface area contributed by atoms with E-state index in [9.17, 15) is 4.79 Å². The second-order valence-corrected chi connectivity index (χ2v) is 11.4. The maximum Gasteiger partial charge on any atom is 0.361 e. The Morgan fingerprint density at radius 1 is 1.45 bits per heavy atom. The monoisotopic (exact) mass is 425 g/mol. The lowest BCUT2D eigenvalue weighted by Crippen LogP contribution is -2.55. The molecule has 126 valence electrons. The lowest BCUT2D eigenvalue weighted by molar-refractivity contribution is -0.0749. The molecule has 1 N–H and O–H groups in total. The minimum Gasteiger partial charge on any atom is -0.271 e. The third kappa shape index (κ3) is 4.06. The number of hydrogen-bond acceptors (Lipinski definition) is 5. The van der Waals surface area contributed by atoms with Gasteiger partial charge in [0.05, 0.1) is 11.3 Å². The molecule has 2 aliphatic rings. The molecular formula is C11H15Cl4N3O2S2. The first-order valence-corrected chi connectivity index (χ1v) is 9.78. The van der Waals surface area contributed by atoms with Crippen molar-refractivity contribution in [3.63, 3.8) is 0 Å². The zero-order chi connectivity index (χ0) is 16.6. The van der Waals surface area contributed by atoms with Crippen molar-refractivity contribution in [1.82, 2.24) is 15.5 Å². The van der Waals surface area contributed by atoms with E-state index >= 15 is 0 Å². The Labute approximate surface area is 157 Å². The second kappa shape index (κ2) is 6.96. The molecule has 2 atom stereocenters. The number of nitrogens with zero attached hydrogens (tertiary/aromatic N) is 2. The molecule has 0 aromatic rings. The zero-order valence-corrected chi connectivity index (χ0v) is 16.5. The Morgan fingerprint density at radius 2 is 2.14 bits per heavy atom. The summed E-state index contributed by atoms with van der Waals surface area (Å²) in [6, 6.07) is -0.365. The predicted molar refractivity (Wildman–Crippen MR) is 95.2 cm³/mol. The van der Waals surface area contributed by atoms with Gasteiger partial charge in [-0.25, -0.2) is 15.2 Å². The van der Waals surface area contributed by atoms with Crippen LogP contribution in [0.5, 0.6) is 0 Å². The van der Waals surface area contributed by atoms with Gasteiger partial charge in [0.2, 0.25) is 3.12 Å². The van der Waals surface area contributed by atoms with Crippen molar-refractivity contribution in [3.05, 3.63) is 12.2 Å². The number of alkyl halides is 4. The fraction of sp³-hybridized carbons (Fsp3) is 0.727. The Kier molecular flexibility index (Phi) is 6.05. The number of allylic oxidation sites excluding steroid dienone is 1. The number of thioether (sulfide) groups is 2. The van der Waals surface area contributed by atoms with Gasteiger partial charge in [0.25, 0.3) is 0 Å². The highest BCUT2D eigenvalue weighted by Crippen LogP contribution is 2.56. The SMILES string of the molecule is CON1CNN(C2(SC(Cl)(Cl)Cl)C=CCC(Cl)(SC)C2)C1=O. The van der Waals surface area contributed by atoms with Crippen molar-refractivity contribution in [2.24, 2.45) is 0 Å². The molecule has 0 spiro atoms. The first kappa shape index (κ1) is 19.1. The van der Waals surface area contributed by atoms with E-state index in [2.05, 4.69) is 5.43 Å². The Hall–Kier alpha value is 0.790. The maximum absolute atomic E-state index is 12.5. The lowest BCUT2D eigenvalue weighted by atomic mass is 10.0. The molecular weight excluding hydrogens is 412 g/mol. The number of hydrogen-bond donors (Lipinski definition) is 1. The van der Waals surface area contributed by atoms with Crippen LogP contribution < -0.4 is 5.43 Å². The van der Waals surface area contributed by atoms with Crippen LogP contribution in [0, 0.1) is 0 Å². The van der Waals surface area contributed by atoms with Gasteiger partial charge >= 0.3 is 6.03 Å². The molecule has 1 saturated heterocycles. The van der Waals surface area contributed by atoms with Crippen LogP contribution in [-0.4, -0.2) is 48.3 Å². The van der Waals surface area contributed by atoms with Crippen molar-refractivity contribution < 1.29 is 9.63 Å². The Bertz CT molecular complexity index is 479. The fourth-order valence-corrected chi connectivity index (χ4v) is 5.78. The number of rotatable bonds is 4. The molecule has 2 unspecified atom stereocenters. The molecule has 1 fully saturated rings. The highest BCUT2D eigenvalue weighted by atomic mass is 35.6. The number of carbonyl (C=O) groups excluding carboxylic acids is 1. The number of carbonyl (C=O) groups is 1. The standard InChI is InChI=1S/C11H15Cl4N3O2S2/c1-20-17-7-16-18(8(17)19)10(22-11(13,14)15)5-3-4-9(12,6-10)21-2/h3,5,16H,4,6-7H2,1-2H3. The summed E-state index contributed by atoms with van der Waals surface area (Å²) in [6.45, 7) is 0.208. The van der Waals surface area contributed by atoms with E-state index in [1.54, 1.807) is 0 Å². The third-order valence-electron chi connectivity index (χ3n) is 3.35. The normalized spacial score (nSPS) is 32.9. The summed E-state index contributed by atoms with van der Waals surface area (Å²) >= 11 is 27.1. The van der Waals surface area contributed by atoms with Crippen LogP contribution in [0.15, 0.2) is 12.2 Å². The van der Waals surface area contributed by atoms with Crippen molar-refractivity contribution in [2.45, 2.75) is 25.0 Å². The van der Waals surface area contributed by atoms with E-state index in [4.69, 9.17) is 51.2 Å². The van der Waals surface area contributed by atoms with E-state index in [0.29, 0.717) is 12.8 Å². The summed E-state index contributed by atoms with van der Waals surface area (Å²) < 4.78 is -2.19. The first-order valence-electron chi connectivity index (χ1n) is 6.23. The number of hydroxylamine groups is 2. The number of urea groups is 1. The molecule has 5 nitrogen and oxygen atoms in total. The van der Waals surface area contributed by atoms with Gasteiger partial charge in [0, 0.05) is 6.42 Å². The molecule has 1 aliphatic heterocycles. The van der Waals surface area contributed by atoms with E-state index in [0.717, 1.165) is 11.8 Å². The van der Waals surface area contributed by atoms with Crippen LogP contribution in [-0.2, 0) is 4.84 Å². The first-order chi connectivity index (χ1) is 10.1. The molecule has 2 rings (SSSR count). The summed E-state index contributed by atoms with van der Waals surface area (Å²) in [5, 5.41) is 2.59. The molecule has 0 radical (unpaired) electrons. The summed E-state index contributed by atoms with van der Waals surface area (Å²) in [6.07, 6.45) is 6.74. The van der Waals surface area contributed by atoms with Crippen LogP contribution >= 0.6 is 69.9 Å². The van der Waals surface area contributed by atoms with E-state index in [1.807, 2.05) is 18.4 Å². The summed E-state index contributed by atoms with van der Waals surface area (Å²) in [4.78, 5) is 16.5. The molecule has 0 saturated carbocycles. The van der Waals surface area contributed by atoms with Gasteiger partial charge in [-0.3, -0.25) is 4.84 Å². The van der Waals surface area contributed by atoms with Crippen molar-refractivity contribution in [1.29, 1.82) is 0 Å². The Morgan fingerprint density at radius 3 is 2.64 bits per heavy atom. The maximum atomic E-state index is 12.5. The van der Waals surface area contributed by atoms with Gasteiger partial charge in [-0.1, -0.05) is 58.7 Å². The molecule has 0 aromatic heterocycles. The smallest absolute Gasteiger partial charge is 0.271 e. The van der Waals surface area contributed by atoms with Gasteiger partial charge in [0.1, 0.15) is 11.5 Å². The van der Waals surface area contributed by atoms with Gasteiger partial charge in [0.15, 0.2) is 0 Å². The summed E-state index contributed by atoms with van der Waals surface area (Å²) in [5.74, 6) is 0. The van der Waals surface area contributed by atoms with Gasteiger partial charge in [-0.05, 0) is 12.7 Å². The number of amides is 2. The van der Waals surface area contributed by atoms with Crippen molar-refractivity contribution in [3.8, 4) is 0 Å². The average molecular weight is 427 g/mol. The molecule has 22 heavy (non-hydrogen) atoms. The summed E-state index contributed by atoms with van der Waals surface area (Å²) in [5.41, 5.74) is 2.97. The third-order valence-corrected chi connectivity index (χ3v) is 6.89. The Balaban J connectivity index is 2.37. The van der Waals surface area contributed by atoms with Gasteiger partial charge in [-0.2, -0.15) is 5.06 Å².